The van der Waals surface area contributed by atoms with Crippen molar-refractivity contribution in [2.75, 3.05) is 19.8 Å². The van der Waals surface area contributed by atoms with E-state index in [1.54, 1.807) is 0 Å². The quantitative estimate of drug-likeness (QED) is 0.867. The number of aromatic nitrogens is 2. The fraction of sp³-hybridized carbons (Fsp3) is 0.562. The van der Waals surface area contributed by atoms with Gasteiger partial charge in [0, 0.05) is 18.8 Å². The van der Waals surface area contributed by atoms with Crippen molar-refractivity contribution >= 4 is 23.3 Å². The number of nitrogens with zero attached hydrogens (tertiary/aromatic N) is 1. The molecule has 0 atom stereocenters. The van der Waals surface area contributed by atoms with Gasteiger partial charge in [-0.1, -0.05) is 13.0 Å². The molecule has 1 fully saturated rings. The van der Waals surface area contributed by atoms with Crippen LogP contribution in [-0.2, 0) is 10.3 Å². The zero-order chi connectivity index (χ0) is 14.9. The van der Waals surface area contributed by atoms with Crippen molar-refractivity contribution in [3.63, 3.8) is 0 Å². The van der Waals surface area contributed by atoms with Gasteiger partial charge in [-0.15, -0.1) is 0 Å². The lowest BCUT2D eigenvalue weighted by molar-refractivity contribution is 0.0306. The monoisotopic (exact) mass is 306 g/mol. The first-order valence-electron chi connectivity index (χ1n) is 7.60. The molecule has 2 heterocycles. The average Bonchev–Trinajstić information content (AvgIpc) is 2.83. The summed E-state index contributed by atoms with van der Waals surface area (Å²) in [7, 11) is 0. The standard InChI is InChI=1S/C16H22N2O2S/c1-3-9-20-13-6-4-5-12-14(13)17-15(21)18(12)16(2)7-10-19-11-8-16/h4-6H,3,7-11H2,1-2H3,(H,17,21). The molecule has 1 aliphatic rings. The number of fused-ring (bicyclic) bond motifs is 1. The molecule has 0 bridgehead atoms. The summed E-state index contributed by atoms with van der Waals surface area (Å²) in [4.78, 5) is 3.34. The van der Waals surface area contributed by atoms with Crippen LogP contribution < -0.4 is 4.74 Å². The number of H-pyrrole nitrogens is 1. The van der Waals surface area contributed by atoms with Crippen molar-refractivity contribution in [3.8, 4) is 5.75 Å². The van der Waals surface area contributed by atoms with Gasteiger partial charge in [0.05, 0.1) is 12.1 Å². The zero-order valence-corrected chi connectivity index (χ0v) is 13.5. The van der Waals surface area contributed by atoms with Crippen LogP contribution in [0.15, 0.2) is 18.2 Å². The van der Waals surface area contributed by atoms with Crippen molar-refractivity contribution < 1.29 is 9.47 Å². The van der Waals surface area contributed by atoms with Crippen LogP contribution in [0.2, 0.25) is 0 Å². The summed E-state index contributed by atoms with van der Waals surface area (Å²) in [5, 5.41) is 0. The van der Waals surface area contributed by atoms with Gasteiger partial charge in [0.1, 0.15) is 11.3 Å². The molecule has 1 aromatic carbocycles. The highest BCUT2D eigenvalue weighted by atomic mass is 32.1. The van der Waals surface area contributed by atoms with Gasteiger partial charge in [0.15, 0.2) is 4.77 Å². The van der Waals surface area contributed by atoms with Gasteiger partial charge >= 0.3 is 0 Å². The number of nitrogens with one attached hydrogen (secondary N) is 1. The molecule has 1 saturated heterocycles. The highest BCUT2D eigenvalue weighted by Gasteiger charge is 2.31. The molecule has 1 N–H and O–H groups in total. The van der Waals surface area contributed by atoms with E-state index in [1.165, 1.54) is 0 Å². The maximum Gasteiger partial charge on any atom is 0.178 e. The molecular formula is C16H22N2O2S. The Morgan fingerprint density at radius 2 is 2.14 bits per heavy atom. The normalized spacial score (nSPS) is 18.0. The summed E-state index contributed by atoms with van der Waals surface area (Å²) < 4.78 is 14.4. The summed E-state index contributed by atoms with van der Waals surface area (Å²) in [5.41, 5.74) is 2.14. The van der Waals surface area contributed by atoms with Crippen LogP contribution in [0.4, 0.5) is 0 Å². The van der Waals surface area contributed by atoms with E-state index < -0.39 is 0 Å². The molecule has 0 spiro atoms. The second-order valence-corrected chi connectivity index (χ2v) is 6.26. The van der Waals surface area contributed by atoms with E-state index in [1.807, 2.05) is 12.1 Å². The van der Waals surface area contributed by atoms with E-state index in [2.05, 4.69) is 29.5 Å². The molecule has 4 nitrogen and oxygen atoms in total. The fourth-order valence-electron chi connectivity index (χ4n) is 3.01. The van der Waals surface area contributed by atoms with Gasteiger partial charge in [-0.25, -0.2) is 0 Å². The zero-order valence-electron chi connectivity index (χ0n) is 12.6. The Bertz CT molecular complexity index is 683. The fourth-order valence-corrected chi connectivity index (χ4v) is 3.43. The highest BCUT2D eigenvalue weighted by Crippen LogP contribution is 2.35. The number of hydrogen-bond donors (Lipinski definition) is 1. The van der Waals surface area contributed by atoms with Crippen molar-refractivity contribution in [2.24, 2.45) is 0 Å². The molecular weight excluding hydrogens is 284 g/mol. The predicted octanol–water partition coefficient (Wildman–Crippen LogP) is 4.01. The summed E-state index contributed by atoms with van der Waals surface area (Å²) in [5.74, 6) is 0.884. The number of rotatable bonds is 4. The van der Waals surface area contributed by atoms with Gasteiger partial charge < -0.3 is 19.0 Å². The Morgan fingerprint density at radius 3 is 2.86 bits per heavy atom. The number of benzene rings is 1. The summed E-state index contributed by atoms with van der Waals surface area (Å²) in [6.45, 7) is 6.67. The van der Waals surface area contributed by atoms with Crippen LogP contribution in [0.5, 0.6) is 5.75 Å². The minimum Gasteiger partial charge on any atom is -0.491 e. The third kappa shape index (κ3) is 2.60. The molecule has 3 rings (SSSR count). The first kappa shape index (κ1) is 14.6. The molecule has 1 aliphatic heterocycles. The minimum absolute atomic E-state index is 0.0109. The maximum absolute atomic E-state index is 5.84. The Kier molecular flexibility index (Phi) is 4.04. The van der Waals surface area contributed by atoms with Gasteiger partial charge in [-0.3, -0.25) is 0 Å². The van der Waals surface area contributed by atoms with E-state index in [0.717, 1.165) is 60.6 Å². The number of para-hydroxylation sites is 1. The molecule has 0 aliphatic carbocycles. The Morgan fingerprint density at radius 1 is 1.38 bits per heavy atom. The molecule has 21 heavy (non-hydrogen) atoms. The van der Waals surface area contributed by atoms with E-state index in [9.17, 15) is 0 Å². The maximum atomic E-state index is 5.84. The van der Waals surface area contributed by atoms with Crippen LogP contribution in [-0.4, -0.2) is 29.4 Å². The summed E-state index contributed by atoms with van der Waals surface area (Å²) >= 11 is 5.59. The molecule has 2 aromatic rings. The Labute approximate surface area is 130 Å². The Balaban J connectivity index is 2.11. The van der Waals surface area contributed by atoms with Gasteiger partial charge in [-0.05, 0) is 50.5 Å². The molecule has 114 valence electrons. The number of hydrogen-bond acceptors (Lipinski definition) is 3. The van der Waals surface area contributed by atoms with Gasteiger partial charge in [-0.2, -0.15) is 0 Å². The second kappa shape index (κ2) is 5.81. The SMILES string of the molecule is CCCOc1cccc2c1[nH]c(=S)n2C1(C)CCOCC1. The third-order valence-electron chi connectivity index (χ3n) is 4.25. The molecule has 0 radical (unpaired) electrons. The van der Waals surface area contributed by atoms with E-state index in [4.69, 9.17) is 21.7 Å². The van der Waals surface area contributed by atoms with Crippen LogP contribution in [0.1, 0.15) is 33.1 Å². The first-order chi connectivity index (χ1) is 10.2. The van der Waals surface area contributed by atoms with Crippen LogP contribution >= 0.6 is 12.2 Å². The van der Waals surface area contributed by atoms with Gasteiger partial charge in [0.25, 0.3) is 0 Å². The van der Waals surface area contributed by atoms with Gasteiger partial charge in [0.2, 0.25) is 0 Å². The topological polar surface area (TPSA) is 39.2 Å². The molecule has 1 aromatic heterocycles. The number of imidazole rings is 1. The lowest BCUT2D eigenvalue weighted by Crippen LogP contribution is -2.36. The highest BCUT2D eigenvalue weighted by molar-refractivity contribution is 7.71. The average molecular weight is 306 g/mol. The van der Waals surface area contributed by atoms with E-state index in [0.29, 0.717) is 0 Å². The number of aromatic amines is 1. The van der Waals surface area contributed by atoms with Crippen LogP contribution in [0.25, 0.3) is 11.0 Å². The first-order valence-corrected chi connectivity index (χ1v) is 8.01. The van der Waals surface area contributed by atoms with Crippen molar-refractivity contribution in [2.45, 2.75) is 38.6 Å². The third-order valence-corrected chi connectivity index (χ3v) is 4.54. The largest absolute Gasteiger partial charge is 0.491 e. The summed E-state index contributed by atoms with van der Waals surface area (Å²) in [6.07, 6.45) is 2.95. The molecule has 5 heteroatoms. The lowest BCUT2D eigenvalue weighted by atomic mass is 9.92. The van der Waals surface area contributed by atoms with Crippen molar-refractivity contribution in [1.29, 1.82) is 0 Å². The molecule has 0 unspecified atom stereocenters. The smallest absolute Gasteiger partial charge is 0.178 e. The van der Waals surface area contributed by atoms with Crippen LogP contribution in [0, 0.1) is 4.77 Å². The van der Waals surface area contributed by atoms with E-state index >= 15 is 0 Å². The molecule has 0 amide bonds. The summed E-state index contributed by atoms with van der Waals surface area (Å²) in [6, 6.07) is 6.15. The minimum atomic E-state index is 0.0109. The second-order valence-electron chi connectivity index (χ2n) is 5.87. The Hall–Kier alpha value is -1.33. The molecule has 0 saturated carbocycles. The lowest BCUT2D eigenvalue weighted by Gasteiger charge is -2.35. The van der Waals surface area contributed by atoms with E-state index in [-0.39, 0.29) is 5.54 Å². The van der Waals surface area contributed by atoms with Crippen LogP contribution in [0.3, 0.4) is 0 Å². The van der Waals surface area contributed by atoms with Crippen molar-refractivity contribution in [1.82, 2.24) is 9.55 Å². The predicted molar refractivity (Wildman–Crippen MR) is 86.6 cm³/mol. The van der Waals surface area contributed by atoms with Crippen molar-refractivity contribution in [3.05, 3.63) is 23.0 Å². The number of ether oxygens (including phenoxy) is 2.